The van der Waals surface area contributed by atoms with Gasteiger partial charge < -0.3 is 14.8 Å². The maximum Gasteiger partial charge on any atom is 0.223 e. The number of nitrogens with one attached hydrogen (secondary N) is 1. The Bertz CT molecular complexity index is 1190. The van der Waals surface area contributed by atoms with Crippen LogP contribution in [0.2, 0.25) is 0 Å². The van der Waals surface area contributed by atoms with Crippen LogP contribution in [0.5, 0.6) is 0 Å². The average Bonchev–Trinajstić information content (AvgIpc) is 3.26. The summed E-state index contributed by atoms with van der Waals surface area (Å²) in [5.74, 6) is 0.905. The Morgan fingerprint density at radius 2 is 1.78 bits per heavy atom. The lowest BCUT2D eigenvalue weighted by Crippen LogP contribution is -2.45. The van der Waals surface area contributed by atoms with Crippen molar-refractivity contribution in [3.05, 3.63) is 59.9 Å². The molecule has 0 radical (unpaired) electrons. The number of hydrogen-bond acceptors (Lipinski definition) is 4. The molecule has 0 unspecified atom stereocenters. The molecular formula is C30H40FN5O. The zero-order valence-corrected chi connectivity index (χ0v) is 22.2. The molecule has 1 aromatic heterocycles. The number of anilines is 1. The van der Waals surface area contributed by atoms with E-state index in [4.69, 9.17) is 4.98 Å². The van der Waals surface area contributed by atoms with E-state index < -0.39 is 0 Å². The highest BCUT2D eigenvalue weighted by atomic mass is 19.1. The lowest BCUT2D eigenvalue weighted by molar-refractivity contribution is -0.125. The highest BCUT2D eigenvalue weighted by molar-refractivity contribution is 5.80. The minimum atomic E-state index is -0.227. The van der Waals surface area contributed by atoms with Gasteiger partial charge in [0.05, 0.1) is 17.6 Å². The Kier molecular flexibility index (Phi) is 8.08. The second kappa shape index (κ2) is 11.6. The number of imidazole rings is 1. The molecular weight excluding hydrogens is 465 g/mol. The summed E-state index contributed by atoms with van der Waals surface area (Å²) in [6, 6.07) is 16.1. The Hall–Kier alpha value is -2.93. The summed E-state index contributed by atoms with van der Waals surface area (Å²) in [7, 11) is 0. The van der Waals surface area contributed by atoms with E-state index in [0.29, 0.717) is 18.6 Å². The number of piperidine rings is 2. The first-order valence-electron chi connectivity index (χ1n) is 14.0. The molecule has 0 saturated carbocycles. The molecule has 2 aliphatic rings. The first kappa shape index (κ1) is 25.7. The first-order valence-corrected chi connectivity index (χ1v) is 14.0. The fraction of sp³-hybridized carbons (Fsp3) is 0.533. The minimum Gasteiger partial charge on any atom is -0.356 e. The largest absolute Gasteiger partial charge is 0.356 e. The molecule has 2 saturated heterocycles. The molecule has 6 nitrogen and oxygen atoms in total. The number of carbonyl (C=O) groups is 1. The van der Waals surface area contributed by atoms with Crippen LogP contribution in [0.15, 0.2) is 48.5 Å². The zero-order chi connectivity index (χ0) is 25.8. The topological polar surface area (TPSA) is 53.4 Å². The molecule has 7 heteroatoms. The van der Waals surface area contributed by atoms with Crippen LogP contribution in [0, 0.1) is 11.7 Å². The minimum absolute atomic E-state index is 0.0464. The molecule has 2 aromatic carbocycles. The van der Waals surface area contributed by atoms with Crippen molar-refractivity contribution in [3.63, 3.8) is 0 Å². The van der Waals surface area contributed by atoms with Crippen LogP contribution in [0.1, 0.15) is 57.9 Å². The lowest BCUT2D eigenvalue weighted by atomic mass is 9.96. The van der Waals surface area contributed by atoms with Crippen molar-refractivity contribution in [2.75, 3.05) is 31.1 Å². The van der Waals surface area contributed by atoms with Crippen LogP contribution in [0.4, 0.5) is 10.3 Å². The predicted octanol–water partition coefficient (Wildman–Crippen LogP) is 5.21. The highest BCUT2D eigenvalue weighted by Gasteiger charge is 2.28. The van der Waals surface area contributed by atoms with Gasteiger partial charge in [-0.1, -0.05) is 30.7 Å². The maximum absolute atomic E-state index is 13.8. The fourth-order valence-electron chi connectivity index (χ4n) is 6.15. The first-order chi connectivity index (χ1) is 18.0. The molecule has 0 bridgehead atoms. The summed E-state index contributed by atoms with van der Waals surface area (Å²) in [6.45, 7) is 8.59. The van der Waals surface area contributed by atoms with Crippen molar-refractivity contribution in [1.29, 1.82) is 0 Å². The molecule has 198 valence electrons. The van der Waals surface area contributed by atoms with Crippen molar-refractivity contribution < 1.29 is 9.18 Å². The number of nitrogens with zero attached hydrogens (tertiary/aromatic N) is 4. The molecule has 3 aromatic rings. The number of carbonyl (C=O) groups excluding carboxylic acids is 1. The molecule has 1 N–H and O–H groups in total. The molecule has 0 aliphatic carbocycles. The summed E-state index contributed by atoms with van der Waals surface area (Å²) in [6.07, 6.45) is 6.53. The average molecular weight is 506 g/mol. The standard InChI is InChI=1S/C30H40FN5O/c1-22-8-5-9-23(2)35(22)17-7-16-32-29(37)25-14-18-34(19-15-25)30-33-27-12-3-4-13-28(27)36(30)21-24-10-6-11-26(31)20-24/h3-4,6,10-13,20,22-23,25H,5,7-9,14-19,21H2,1-2H3,(H,32,37)/t22-,23-/m1/s1. The number of benzene rings is 2. The molecule has 37 heavy (non-hydrogen) atoms. The number of aromatic nitrogens is 2. The summed E-state index contributed by atoms with van der Waals surface area (Å²) in [5, 5.41) is 3.21. The lowest BCUT2D eigenvalue weighted by Gasteiger charge is -2.39. The molecule has 2 fully saturated rings. The van der Waals surface area contributed by atoms with Gasteiger partial charge in [0.25, 0.3) is 0 Å². The van der Waals surface area contributed by atoms with Crippen molar-refractivity contribution >= 4 is 22.9 Å². The summed E-state index contributed by atoms with van der Waals surface area (Å²) in [5.41, 5.74) is 2.89. The Balaban J connectivity index is 1.17. The SMILES string of the molecule is C[C@@H]1CCC[C@@H](C)N1CCCNC(=O)C1CCN(c2nc3ccccc3n2Cc2cccc(F)c2)CC1. The predicted molar refractivity (Wildman–Crippen MR) is 147 cm³/mol. The van der Waals surface area contributed by atoms with Gasteiger partial charge in [0.1, 0.15) is 5.82 Å². The van der Waals surface area contributed by atoms with Gasteiger partial charge in [-0.25, -0.2) is 9.37 Å². The third-order valence-electron chi connectivity index (χ3n) is 8.28. The number of para-hydroxylation sites is 2. The van der Waals surface area contributed by atoms with Gasteiger partial charge in [-0.3, -0.25) is 9.69 Å². The van der Waals surface area contributed by atoms with E-state index in [2.05, 4.69) is 39.6 Å². The molecule has 5 rings (SSSR count). The van der Waals surface area contributed by atoms with Gasteiger partial charge in [-0.05, 0) is 75.8 Å². The zero-order valence-electron chi connectivity index (χ0n) is 22.2. The van der Waals surface area contributed by atoms with Gasteiger partial charge in [-0.15, -0.1) is 0 Å². The van der Waals surface area contributed by atoms with E-state index >= 15 is 0 Å². The van der Waals surface area contributed by atoms with E-state index in [-0.39, 0.29) is 17.6 Å². The van der Waals surface area contributed by atoms with Crippen LogP contribution < -0.4 is 10.2 Å². The number of fused-ring (bicyclic) bond motifs is 1. The summed E-state index contributed by atoms with van der Waals surface area (Å²) >= 11 is 0. The molecule has 3 heterocycles. The van der Waals surface area contributed by atoms with Crippen molar-refractivity contribution in [3.8, 4) is 0 Å². The second-order valence-electron chi connectivity index (χ2n) is 10.9. The molecule has 1 amide bonds. The maximum atomic E-state index is 13.8. The number of likely N-dealkylation sites (tertiary alicyclic amines) is 1. The van der Waals surface area contributed by atoms with Crippen LogP contribution in [-0.4, -0.2) is 58.6 Å². The smallest absolute Gasteiger partial charge is 0.223 e. The van der Waals surface area contributed by atoms with Gasteiger partial charge in [0.2, 0.25) is 11.9 Å². The molecule has 0 spiro atoms. The molecule has 2 atom stereocenters. The van der Waals surface area contributed by atoms with E-state index in [1.54, 1.807) is 12.1 Å². The van der Waals surface area contributed by atoms with Gasteiger partial charge in [0.15, 0.2) is 0 Å². The van der Waals surface area contributed by atoms with Crippen LogP contribution in [0.25, 0.3) is 11.0 Å². The van der Waals surface area contributed by atoms with E-state index in [1.165, 1.54) is 25.3 Å². The van der Waals surface area contributed by atoms with Crippen molar-refractivity contribution in [1.82, 2.24) is 19.8 Å². The Labute approximate surface area is 219 Å². The third kappa shape index (κ3) is 5.98. The summed E-state index contributed by atoms with van der Waals surface area (Å²) < 4.78 is 16.0. The Morgan fingerprint density at radius 1 is 1.03 bits per heavy atom. The van der Waals surface area contributed by atoms with E-state index in [0.717, 1.165) is 68.0 Å². The number of rotatable bonds is 8. The number of amides is 1. The van der Waals surface area contributed by atoms with Crippen LogP contribution >= 0.6 is 0 Å². The number of halogens is 1. The second-order valence-corrected chi connectivity index (χ2v) is 10.9. The fourth-order valence-corrected chi connectivity index (χ4v) is 6.15. The number of hydrogen-bond donors (Lipinski definition) is 1. The van der Waals surface area contributed by atoms with Crippen molar-refractivity contribution in [2.45, 2.75) is 71.0 Å². The van der Waals surface area contributed by atoms with E-state index in [1.807, 2.05) is 24.3 Å². The van der Waals surface area contributed by atoms with E-state index in [9.17, 15) is 9.18 Å². The third-order valence-corrected chi connectivity index (χ3v) is 8.28. The summed E-state index contributed by atoms with van der Waals surface area (Å²) in [4.78, 5) is 22.7. The van der Waals surface area contributed by atoms with Gasteiger partial charge in [0, 0.05) is 44.2 Å². The Morgan fingerprint density at radius 3 is 2.54 bits per heavy atom. The van der Waals surface area contributed by atoms with Gasteiger partial charge >= 0.3 is 0 Å². The quantitative estimate of drug-likeness (QED) is 0.427. The van der Waals surface area contributed by atoms with Gasteiger partial charge in [-0.2, -0.15) is 0 Å². The highest BCUT2D eigenvalue weighted by Crippen LogP contribution is 2.28. The molecule has 2 aliphatic heterocycles. The van der Waals surface area contributed by atoms with Crippen LogP contribution in [-0.2, 0) is 11.3 Å². The van der Waals surface area contributed by atoms with Crippen LogP contribution in [0.3, 0.4) is 0 Å². The normalized spacial score (nSPS) is 21.4. The monoisotopic (exact) mass is 505 g/mol. The van der Waals surface area contributed by atoms with Crippen molar-refractivity contribution in [2.24, 2.45) is 5.92 Å².